The van der Waals surface area contributed by atoms with Crippen LogP contribution < -0.4 is 5.56 Å². The molecule has 8 heteroatoms. The summed E-state index contributed by atoms with van der Waals surface area (Å²) in [6, 6.07) is 7.21. The second kappa shape index (κ2) is 7.82. The number of carbonyl (C=O) groups is 2. The van der Waals surface area contributed by atoms with Gasteiger partial charge in [-0.3, -0.25) is 23.9 Å². The molecule has 1 aromatic carbocycles. The predicted octanol–water partition coefficient (Wildman–Crippen LogP) is 1.82. The van der Waals surface area contributed by atoms with E-state index in [4.69, 9.17) is 4.74 Å². The molecule has 2 aliphatic rings. The van der Waals surface area contributed by atoms with Crippen LogP contribution in [0.15, 0.2) is 34.2 Å². The van der Waals surface area contributed by atoms with Gasteiger partial charge in [-0.05, 0) is 31.4 Å². The number of rotatable bonds is 5. The lowest BCUT2D eigenvalue weighted by Gasteiger charge is -2.17. The summed E-state index contributed by atoms with van der Waals surface area (Å²) in [6.07, 6.45) is 3.02. The Morgan fingerprint density at radius 2 is 2.11 bits per heavy atom. The number of likely N-dealkylation sites (tertiary alicyclic amines) is 1. The summed E-state index contributed by atoms with van der Waals surface area (Å²) in [7, 11) is 0. The number of nitrogens with zero attached hydrogens (tertiary/aromatic N) is 3. The summed E-state index contributed by atoms with van der Waals surface area (Å²) >= 11 is 1.21. The van der Waals surface area contributed by atoms with Crippen LogP contribution in [0.3, 0.4) is 0 Å². The van der Waals surface area contributed by atoms with Gasteiger partial charge in [0.05, 0.1) is 29.3 Å². The number of para-hydroxylation sites is 1. The molecule has 1 unspecified atom stereocenters. The number of benzene rings is 1. The Balaban J connectivity index is 1.62. The van der Waals surface area contributed by atoms with Crippen molar-refractivity contribution in [1.29, 1.82) is 0 Å². The fourth-order valence-electron chi connectivity index (χ4n) is 3.53. The SMILES string of the molecule is O=C1CCCN1C(=O)CSc1nc2ccccc2c(=O)n1CC1CCCO1. The molecule has 0 radical (unpaired) electrons. The Morgan fingerprint density at radius 1 is 1.26 bits per heavy atom. The molecule has 2 aliphatic heterocycles. The lowest BCUT2D eigenvalue weighted by molar-refractivity contribution is -0.140. The molecule has 0 saturated carbocycles. The quantitative estimate of drug-likeness (QED) is 0.575. The van der Waals surface area contributed by atoms with Gasteiger partial charge in [0.1, 0.15) is 0 Å². The van der Waals surface area contributed by atoms with E-state index in [1.54, 1.807) is 16.7 Å². The van der Waals surface area contributed by atoms with Crippen LogP contribution in [0, 0.1) is 0 Å². The van der Waals surface area contributed by atoms with Crippen LogP contribution in [0.5, 0.6) is 0 Å². The van der Waals surface area contributed by atoms with E-state index in [1.165, 1.54) is 16.7 Å². The lowest BCUT2D eigenvalue weighted by Crippen LogP contribution is -2.34. The van der Waals surface area contributed by atoms with Crippen LogP contribution in [-0.2, 0) is 20.9 Å². The van der Waals surface area contributed by atoms with E-state index in [9.17, 15) is 14.4 Å². The lowest BCUT2D eigenvalue weighted by atomic mass is 10.2. The van der Waals surface area contributed by atoms with Gasteiger partial charge in [0, 0.05) is 19.6 Å². The topological polar surface area (TPSA) is 81.5 Å². The molecule has 1 aromatic heterocycles. The maximum atomic E-state index is 13.0. The molecule has 27 heavy (non-hydrogen) atoms. The molecule has 2 aromatic rings. The Kier molecular flexibility index (Phi) is 5.27. The van der Waals surface area contributed by atoms with Crippen LogP contribution in [-0.4, -0.2) is 51.3 Å². The minimum Gasteiger partial charge on any atom is -0.376 e. The van der Waals surface area contributed by atoms with Crippen LogP contribution >= 0.6 is 11.8 Å². The van der Waals surface area contributed by atoms with E-state index in [2.05, 4.69) is 4.98 Å². The number of fused-ring (bicyclic) bond motifs is 1. The number of hydrogen-bond acceptors (Lipinski definition) is 6. The molecular formula is C19H21N3O4S. The first-order valence-corrected chi connectivity index (χ1v) is 10.2. The van der Waals surface area contributed by atoms with E-state index in [0.29, 0.717) is 48.6 Å². The molecule has 1 atom stereocenters. The molecule has 4 rings (SSSR count). The maximum absolute atomic E-state index is 13.0. The van der Waals surface area contributed by atoms with Gasteiger partial charge in [0.15, 0.2) is 5.16 Å². The smallest absolute Gasteiger partial charge is 0.262 e. The number of hydrogen-bond donors (Lipinski definition) is 0. The summed E-state index contributed by atoms with van der Waals surface area (Å²) in [5.41, 5.74) is 0.488. The molecule has 2 amide bonds. The first kappa shape index (κ1) is 18.2. The van der Waals surface area contributed by atoms with E-state index in [-0.39, 0.29) is 29.2 Å². The first-order chi connectivity index (χ1) is 13.1. The number of aromatic nitrogens is 2. The maximum Gasteiger partial charge on any atom is 0.262 e. The van der Waals surface area contributed by atoms with Gasteiger partial charge in [-0.25, -0.2) is 4.98 Å². The second-order valence-corrected chi connectivity index (χ2v) is 7.74. The van der Waals surface area contributed by atoms with Gasteiger partial charge in [-0.1, -0.05) is 23.9 Å². The van der Waals surface area contributed by atoms with Crippen LogP contribution in [0.25, 0.3) is 10.9 Å². The van der Waals surface area contributed by atoms with Crippen molar-refractivity contribution in [1.82, 2.24) is 14.5 Å². The molecule has 7 nitrogen and oxygen atoms in total. The number of imide groups is 1. The van der Waals surface area contributed by atoms with Crippen molar-refractivity contribution < 1.29 is 14.3 Å². The summed E-state index contributed by atoms with van der Waals surface area (Å²) in [4.78, 5) is 43.0. The third-order valence-electron chi connectivity index (χ3n) is 4.94. The average Bonchev–Trinajstić information content (AvgIpc) is 3.34. The largest absolute Gasteiger partial charge is 0.376 e. The van der Waals surface area contributed by atoms with E-state index >= 15 is 0 Å². The fraction of sp³-hybridized carbons (Fsp3) is 0.474. The zero-order chi connectivity index (χ0) is 18.8. The second-order valence-electron chi connectivity index (χ2n) is 6.79. The van der Waals surface area contributed by atoms with Crippen molar-refractivity contribution in [3.63, 3.8) is 0 Å². The van der Waals surface area contributed by atoms with E-state index in [0.717, 1.165) is 12.8 Å². The van der Waals surface area contributed by atoms with Gasteiger partial charge in [-0.15, -0.1) is 0 Å². The standard InChI is InChI=1S/C19H21N3O4S/c23-16-8-3-9-21(16)17(24)12-27-19-20-15-7-2-1-6-14(15)18(25)22(19)11-13-5-4-10-26-13/h1-2,6-7,13H,3-5,8-12H2. The Labute approximate surface area is 160 Å². The average molecular weight is 387 g/mol. The highest BCUT2D eigenvalue weighted by atomic mass is 32.2. The van der Waals surface area contributed by atoms with Gasteiger partial charge < -0.3 is 4.74 Å². The van der Waals surface area contributed by atoms with Crippen molar-refractivity contribution >= 4 is 34.5 Å². The Bertz CT molecular complexity index is 936. The number of amides is 2. The van der Waals surface area contributed by atoms with Crippen molar-refractivity contribution in [2.45, 2.75) is 43.5 Å². The summed E-state index contributed by atoms with van der Waals surface area (Å²) in [6.45, 7) is 1.61. The summed E-state index contributed by atoms with van der Waals surface area (Å²) < 4.78 is 7.30. The van der Waals surface area contributed by atoms with Crippen molar-refractivity contribution in [2.24, 2.45) is 0 Å². The molecule has 142 valence electrons. The number of carbonyl (C=O) groups excluding carboxylic acids is 2. The molecular weight excluding hydrogens is 366 g/mol. The van der Waals surface area contributed by atoms with Crippen molar-refractivity contribution in [2.75, 3.05) is 18.9 Å². The van der Waals surface area contributed by atoms with Crippen LogP contribution in [0.2, 0.25) is 0 Å². The van der Waals surface area contributed by atoms with E-state index in [1.807, 2.05) is 12.1 Å². The first-order valence-electron chi connectivity index (χ1n) is 9.20. The minimum absolute atomic E-state index is 0.0131. The highest BCUT2D eigenvalue weighted by molar-refractivity contribution is 7.99. The van der Waals surface area contributed by atoms with Gasteiger partial charge in [-0.2, -0.15) is 0 Å². The van der Waals surface area contributed by atoms with Gasteiger partial charge in [0.25, 0.3) is 5.56 Å². The van der Waals surface area contributed by atoms with Gasteiger partial charge >= 0.3 is 0 Å². The third kappa shape index (κ3) is 3.77. The normalized spacial score (nSPS) is 19.9. The van der Waals surface area contributed by atoms with Crippen LogP contribution in [0.4, 0.5) is 0 Å². The highest BCUT2D eigenvalue weighted by Gasteiger charge is 2.27. The molecule has 0 N–H and O–H groups in total. The monoisotopic (exact) mass is 387 g/mol. The molecule has 0 spiro atoms. The minimum atomic E-state index is -0.228. The zero-order valence-corrected chi connectivity index (χ0v) is 15.7. The van der Waals surface area contributed by atoms with Crippen molar-refractivity contribution in [3.8, 4) is 0 Å². The molecule has 2 saturated heterocycles. The van der Waals surface area contributed by atoms with Crippen molar-refractivity contribution in [3.05, 3.63) is 34.6 Å². The fourth-order valence-corrected chi connectivity index (χ4v) is 4.41. The molecule has 0 aliphatic carbocycles. The highest BCUT2D eigenvalue weighted by Crippen LogP contribution is 2.22. The Hall–Kier alpha value is -2.19. The predicted molar refractivity (Wildman–Crippen MR) is 102 cm³/mol. The molecule has 0 bridgehead atoms. The molecule has 3 heterocycles. The van der Waals surface area contributed by atoms with Crippen LogP contribution in [0.1, 0.15) is 25.7 Å². The molecule has 2 fully saturated rings. The van der Waals surface area contributed by atoms with E-state index < -0.39 is 0 Å². The third-order valence-corrected chi connectivity index (χ3v) is 5.90. The number of ether oxygens (including phenoxy) is 1. The summed E-state index contributed by atoms with van der Waals surface area (Å²) in [5.74, 6) is -0.264. The Morgan fingerprint density at radius 3 is 2.85 bits per heavy atom. The zero-order valence-electron chi connectivity index (χ0n) is 14.9. The number of thioether (sulfide) groups is 1. The van der Waals surface area contributed by atoms with Gasteiger partial charge in [0.2, 0.25) is 11.8 Å². The summed E-state index contributed by atoms with van der Waals surface area (Å²) in [5, 5.41) is 1.05.